The van der Waals surface area contributed by atoms with Crippen LogP contribution in [-0.4, -0.2) is 26.6 Å². The normalized spacial score (nSPS) is 11.4. The van der Waals surface area contributed by atoms with E-state index in [0.29, 0.717) is 22.8 Å². The summed E-state index contributed by atoms with van der Waals surface area (Å²) in [4.78, 5) is 0.355. The van der Waals surface area contributed by atoms with Crippen molar-refractivity contribution < 1.29 is 13.2 Å². The lowest BCUT2D eigenvalue weighted by Crippen LogP contribution is -2.02. The van der Waals surface area contributed by atoms with E-state index < -0.39 is 9.84 Å². The van der Waals surface area contributed by atoms with Crippen LogP contribution in [0.3, 0.4) is 0 Å². The Balaban J connectivity index is 2.99. The number of alkyl halides is 1. The van der Waals surface area contributed by atoms with Gasteiger partial charge in [-0.15, -0.1) is 0 Å². The van der Waals surface area contributed by atoms with Crippen LogP contribution < -0.4 is 4.74 Å². The van der Waals surface area contributed by atoms with Crippen molar-refractivity contribution >= 4 is 25.8 Å². The van der Waals surface area contributed by atoms with E-state index in [2.05, 4.69) is 15.9 Å². The van der Waals surface area contributed by atoms with Crippen molar-refractivity contribution in [3.8, 4) is 5.75 Å². The van der Waals surface area contributed by atoms with Crippen molar-refractivity contribution in [3.63, 3.8) is 0 Å². The van der Waals surface area contributed by atoms with Crippen molar-refractivity contribution in [2.75, 3.05) is 18.2 Å². The maximum absolute atomic E-state index is 11.3. The minimum atomic E-state index is -3.14. The number of hydrogen-bond donors (Lipinski definition) is 0. The number of benzene rings is 1. The van der Waals surface area contributed by atoms with Crippen molar-refractivity contribution in [1.29, 1.82) is 0 Å². The third kappa shape index (κ3) is 3.50. The first kappa shape index (κ1) is 12.5. The van der Waals surface area contributed by atoms with Gasteiger partial charge < -0.3 is 4.74 Å². The fourth-order valence-electron chi connectivity index (χ4n) is 1.28. The van der Waals surface area contributed by atoms with Crippen molar-refractivity contribution in [2.45, 2.75) is 11.8 Å². The predicted octanol–water partition coefficient (Wildman–Crippen LogP) is 2.17. The van der Waals surface area contributed by atoms with E-state index in [1.165, 1.54) is 6.26 Å². The minimum Gasteiger partial charge on any atom is -0.493 e. The number of rotatable bonds is 4. The molecule has 0 aliphatic rings. The van der Waals surface area contributed by atoms with Gasteiger partial charge in [-0.1, -0.05) is 15.9 Å². The Morgan fingerprint density at radius 2 is 2.07 bits per heavy atom. The van der Waals surface area contributed by atoms with E-state index in [4.69, 9.17) is 4.74 Å². The summed E-state index contributed by atoms with van der Waals surface area (Å²) in [5, 5.41) is 0.750. The van der Waals surface area contributed by atoms with Crippen LogP contribution in [0.5, 0.6) is 5.75 Å². The van der Waals surface area contributed by atoms with Crippen LogP contribution in [0.4, 0.5) is 0 Å². The van der Waals surface area contributed by atoms with Crippen LogP contribution >= 0.6 is 15.9 Å². The maximum atomic E-state index is 11.3. The highest BCUT2D eigenvalue weighted by molar-refractivity contribution is 9.09. The maximum Gasteiger partial charge on any atom is 0.175 e. The molecule has 1 rings (SSSR count). The van der Waals surface area contributed by atoms with Gasteiger partial charge in [0.1, 0.15) is 5.75 Å². The summed E-state index contributed by atoms with van der Waals surface area (Å²) in [6.45, 7) is 2.33. The van der Waals surface area contributed by atoms with Gasteiger partial charge in [0.15, 0.2) is 9.84 Å². The summed E-state index contributed by atoms with van der Waals surface area (Å²) in [6.07, 6.45) is 1.20. The van der Waals surface area contributed by atoms with Crippen LogP contribution in [0.25, 0.3) is 0 Å². The summed E-state index contributed by atoms with van der Waals surface area (Å²) in [5.41, 5.74) is 0.713. The number of sulfone groups is 1. The Kier molecular flexibility index (Phi) is 4.16. The van der Waals surface area contributed by atoms with E-state index in [1.807, 2.05) is 0 Å². The molecule has 1 aromatic carbocycles. The molecule has 0 atom stereocenters. The average Bonchev–Trinajstić information content (AvgIpc) is 2.12. The van der Waals surface area contributed by atoms with Crippen molar-refractivity contribution in [1.82, 2.24) is 0 Å². The van der Waals surface area contributed by atoms with Gasteiger partial charge in [-0.05, 0) is 30.7 Å². The number of ether oxygens (including phenoxy) is 1. The Bertz CT molecular complexity index is 440. The smallest absolute Gasteiger partial charge is 0.175 e. The lowest BCUT2D eigenvalue weighted by Gasteiger charge is -2.07. The van der Waals surface area contributed by atoms with E-state index >= 15 is 0 Å². The molecule has 3 nitrogen and oxygen atoms in total. The Labute approximate surface area is 98.5 Å². The molecular formula is C10H13BrO3S. The first-order valence-corrected chi connectivity index (χ1v) is 7.46. The van der Waals surface area contributed by atoms with Gasteiger partial charge in [0.2, 0.25) is 0 Å². The van der Waals surface area contributed by atoms with E-state index in [9.17, 15) is 8.42 Å². The summed E-state index contributed by atoms with van der Waals surface area (Å²) < 4.78 is 28.0. The van der Waals surface area contributed by atoms with Gasteiger partial charge in [-0.25, -0.2) is 8.42 Å². The van der Waals surface area contributed by atoms with Gasteiger partial charge in [-0.2, -0.15) is 0 Å². The van der Waals surface area contributed by atoms with Gasteiger partial charge in [0.05, 0.1) is 11.5 Å². The molecule has 0 bridgehead atoms. The van der Waals surface area contributed by atoms with E-state index in [0.717, 1.165) is 5.33 Å². The zero-order valence-electron chi connectivity index (χ0n) is 8.66. The molecule has 0 amide bonds. The van der Waals surface area contributed by atoms with Gasteiger partial charge in [-0.3, -0.25) is 0 Å². The molecule has 0 unspecified atom stereocenters. The van der Waals surface area contributed by atoms with Crippen LogP contribution in [-0.2, 0) is 9.84 Å². The SMILES string of the molecule is Cc1cc(OCCBr)ccc1S(C)(=O)=O. The van der Waals surface area contributed by atoms with Crippen molar-refractivity contribution in [3.05, 3.63) is 23.8 Å². The first-order chi connectivity index (χ1) is 6.95. The molecule has 0 aromatic heterocycles. The quantitative estimate of drug-likeness (QED) is 0.799. The Morgan fingerprint density at radius 1 is 1.40 bits per heavy atom. The molecule has 1 aromatic rings. The molecule has 0 spiro atoms. The predicted molar refractivity (Wildman–Crippen MR) is 63.6 cm³/mol. The molecule has 5 heteroatoms. The lowest BCUT2D eigenvalue weighted by molar-refractivity contribution is 0.344. The number of hydrogen-bond acceptors (Lipinski definition) is 3. The van der Waals surface area contributed by atoms with Crippen LogP contribution in [0.2, 0.25) is 0 Å². The van der Waals surface area contributed by atoms with Crippen molar-refractivity contribution in [2.24, 2.45) is 0 Å². The molecule has 0 saturated carbocycles. The minimum absolute atomic E-state index is 0.355. The standard InChI is InChI=1S/C10H13BrO3S/c1-8-7-9(14-6-5-11)3-4-10(8)15(2,12)13/h3-4,7H,5-6H2,1-2H3. The zero-order valence-corrected chi connectivity index (χ0v) is 11.1. The van der Waals surface area contributed by atoms with Crippen LogP contribution in [0.1, 0.15) is 5.56 Å². The topological polar surface area (TPSA) is 43.4 Å². The highest BCUT2D eigenvalue weighted by atomic mass is 79.9. The largest absolute Gasteiger partial charge is 0.493 e. The molecular weight excluding hydrogens is 280 g/mol. The second-order valence-corrected chi connectivity index (χ2v) is 6.01. The second-order valence-electron chi connectivity index (χ2n) is 3.24. The summed E-state index contributed by atoms with van der Waals surface area (Å²) in [5.74, 6) is 0.694. The third-order valence-corrected chi connectivity index (χ3v) is 3.47. The lowest BCUT2D eigenvalue weighted by atomic mass is 10.2. The Hall–Kier alpha value is -0.550. The summed E-state index contributed by atoms with van der Waals surface area (Å²) >= 11 is 3.25. The van der Waals surface area contributed by atoms with E-state index in [-0.39, 0.29) is 0 Å². The molecule has 0 aliphatic heterocycles. The third-order valence-electron chi connectivity index (χ3n) is 1.89. The number of aryl methyl sites for hydroxylation is 1. The fourth-order valence-corrected chi connectivity index (χ4v) is 2.41. The monoisotopic (exact) mass is 292 g/mol. The molecule has 0 N–H and O–H groups in total. The zero-order chi connectivity index (χ0) is 11.5. The second kappa shape index (κ2) is 4.99. The van der Waals surface area contributed by atoms with Crippen LogP contribution in [0.15, 0.2) is 23.1 Å². The van der Waals surface area contributed by atoms with E-state index in [1.54, 1.807) is 25.1 Å². The fraction of sp³-hybridized carbons (Fsp3) is 0.400. The molecule has 0 heterocycles. The molecule has 0 aliphatic carbocycles. The molecule has 0 fully saturated rings. The average molecular weight is 293 g/mol. The number of halogens is 1. The summed E-state index contributed by atoms with van der Waals surface area (Å²) in [7, 11) is -3.14. The highest BCUT2D eigenvalue weighted by Crippen LogP contribution is 2.20. The molecule has 15 heavy (non-hydrogen) atoms. The van der Waals surface area contributed by atoms with Crippen LogP contribution in [0, 0.1) is 6.92 Å². The first-order valence-electron chi connectivity index (χ1n) is 4.44. The highest BCUT2D eigenvalue weighted by Gasteiger charge is 2.10. The molecule has 0 radical (unpaired) electrons. The summed E-state index contributed by atoms with van der Waals surface area (Å²) in [6, 6.07) is 4.99. The Morgan fingerprint density at radius 3 is 2.53 bits per heavy atom. The van der Waals surface area contributed by atoms with Gasteiger partial charge in [0.25, 0.3) is 0 Å². The van der Waals surface area contributed by atoms with Gasteiger partial charge >= 0.3 is 0 Å². The molecule has 0 saturated heterocycles. The molecule has 84 valence electrons. The van der Waals surface area contributed by atoms with Gasteiger partial charge in [0, 0.05) is 11.6 Å².